The van der Waals surface area contributed by atoms with Crippen LogP contribution in [0.25, 0.3) is 0 Å². The molecule has 1 aromatic rings. The molecule has 1 heterocycles. The van der Waals surface area contributed by atoms with E-state index in [1.54, 1.807) is 6.07 Å². The number of nitrogens with one attached hydrogen (secondary N) is 2. The normalized spacial score (nSPS) is 17.5. The highest BCUT2D eigenvalue weighted by molar-refractivity contribution is 5.92. The first kappa shape index (κ1) is 14.8. The second-order valence-electron chi connectivity index (χ2n) is 5.89. The van der Waals surface area contributed by atoms with Crippen LogP contribution in [-0.4, -0.2) is 29.2 Å². The fourth-order valence-electron chi connectivity index (χ4n) is 2.68. The van der Waals surface area contributed by atoms with Gasteiger partial charge in [0.2, 0.25) is 0 Å². The highest BCUT2D eigenvalue weighted by atomic mass is 16.1. The molecule has 1 saturated carbocycles. The predicted octanol–water partition coefficient (Wildman–Crippen LogP) is 2.61. The van der Waals surface area contributed by atoms with E-state index in [0.717, 1.165) is 12.4 Å². The number of hydrogen-bond acceptors (Lipinski definition) is 4. The Balaban J connectivity index is 1.89. The van der Waals surface area contributed by atoms with Gasteiger partial charge in [0.1, 0.15) is 5.82 Å². The molecule has 0 aromatic carbocycles. The SMILES string of the molecule is CCNC(=O)c1ccc(NCC2(C)CCCCC2)nn1. The molecular formula is C15H24N4O. The minimum Gasteiger partial charge on any atom is -0.368 e. The molecular weight excluding hydrogens is 252 g/mol. The largest absolute Gasteiger partial charge is 0.368 e. The summed E-state index contributed by atoms with van der Waals surface area (Å²) in [5.41, 5.74) is 0.722. The number of carbonyl (C=O) groups excluding carboxylic acids is 1. The summed E-state index contributed by atoms with van der Waals surface area (Å²) in [4.78, 5) is 11.6. The highest BCUT2D eigenvalue weighted by Gasteiger charge is 2.26. The van der Waals surface area contributed by atoms with Crippen molar-refractivity contribution in [2.24, 2.45) is 5.41 Å². The van der Waals surface area contributed by atoms with Gasteiger partial charge in [-0.05, 0) is 37.3 Å². The van der Waals surface area contributed by atoms with Gasteiger partial charge in [-0.2, -0.15) is 0 Å². The molecule has 0 radical (unpaired) electrons. The van der Waals surface area contributed by atoms with Gasteiger partial charge in [-0.1, -0.05) is 26.2 Å². The second kappa shape index (κ2) is 6.68. The molecule has 20 heavy (non-hydrogen) atoms. The third-order valence-corrected chi connectivity index (χ3v) is 3.99. The first-order chi connectivity index (χ1) is 9.63. The highest BCUT2D eigenvalue weighted by Crippen LogP contribution is 2.35. The molecule has 1 aliphatic rings. The maximum atomic E-state index is 11.6. The van der Waals surface area contributed by atoms with Crippen LogP contribution in [-0.2, 0) is 0 Å². The number of hydrogen-bond donors (Lipinski definition) is 2. The molecule has 2 N–H and O–H groups in total. The summed E-state index contributed by atoms with van der Waals surface area (Å²) in [5.74, 6) is 0.565. The third-order valence-electron chi connectivity index (χ3n) is 3.99. The van der Waals surface area contributed by atoms with Crippen molar-refractivity contribution in [1.29, 1.82) is 0 Å². The molecule has 0 saturated heterocycles. The van der Waals surface area contributed by atoms with Crippen molar-refractivity contribution in [3.05, 3.63) is 17.8 Å². The average Bonchev–Trinajstić information content (AvgIpc) is 2.47. The Kier molecular flexibility index (Phi) is 4.93. The molecule has 0 unspecified atom stereocenters. The maximum absolute atomic E-state index is 11.6. The van der Waals surface area contributed by atoms with Crippen LogP contribution in [0.1, 0.15) is 56.4 Å². The zero-order valence-corrected chi connectivity index (χ0v) is 12.4. The van der Waals surface area contributed by atoms with Gasteiger partial charge < -0.3 is 10.6 Å². The standard InChI is InChI=1S/C15H24N4O/c1-3-16-14(20)12-7-8-13(19-18-12)17-11-15(2)9-5-4-6-10-15/h7-8H,3-6,9-11H2,1-2H3,(H,16,20)(H,17,19). The number of amides is 1. The van der Waals surface area contributed by atoms with E-state index in [1.807, 2.05) is 13.0 Å². The smallest absolute Gasteiger partial charge is 0.271 e. The Morgan fingerprint density at radius 1 is 1.25 bits per heavy atom. The van der Waals surface area contributed by atoms with Crippen molar-refractivity contribution in [3.8, 4) is 0 Å². The number of nitrogens with zero attached hydrogens (tertiary/aromatic N) is 2. The summed E-state index contributed by atoms with van der Waals surface area (Å²) in [5, 5.41) is 14.1. The Morgan fingerprint density at radius 3 is 2.60 bits per heavy atom. The summed E-state index contributed by atoms with van der Waals surface area (Å²) in [7, 11) is 0. The Bertz CT molecular complexity index is 438. The molecule has 1 aromatic heterocycles. The fraction of sp³-hybridized carbons (Fsp3) is 0.667. The van der Waals surface area contributed by atoms with Crippen LogP contribution in [0.4, 0.5) is 5.82 Å². The van der Waals surface area contributed by atoms with Gasteiger partial charge in [-0.25, -0.2) is 0 Å². The number of aromatic nitrogens is 2. The Labute approximate surface area is 120 Å². The van der Waals surface area contributed by atoms with E-state index >= 15 is 0 Å². The quantitative estimate of drug-likeness (QED) is 0.867. The molecule has 2 rings (SSSR count). The van der Waals surface area contributed by atoms with Crippen molar-refractivity contribution in [2.45, 2.75) is 46.0 Å². The molecule has 0 aliphatic heterocycles. The lowest BCUT2D eigenvalue weighted by atomic mass is 9.76. The van der Waals surface area contributed by atoms with Crippen LogP contribution < -0.4 is 10.6 Å². The average molecular weight is 276 g/mol. The molecule has 1 amide bonds. The summed E-state index contributed by atoms with van der Waals surface area (Å²) < 4.78 is 0. The van der Waals surface area contributed by atoms with Gasteiger partial charge >= 0.3 is 0 Å². The van der Waals surface area contributed by atoms with Gasteiger partial charge in [-0.15, -0.1) is 10.2 Å². The summed E-state index contributed by atoms with van der Waals surface area (Å²) in [6.45, 7) is 5.73. The summed E-state index contributed by atoms with van der Waals surface area (Å²) in [6.07, 6.45) is 6.53. The van der Waals surface area contributed by atoms with Gasteiger partial charge in [0.25, 0.3) is 5.91 Å². The van der Waals surface area contributed by atoms with Crippen LogP contribution in [0, 0.1) is 5.41 Å². The molecule has 5 heteroatoms. The van der Waals surface area contributed by atoms with Gasteiger partial charge in [0.15, 0.2) is 5.69 Å². The predicted molar refractivity (Wildman–Crippen MR) is 79.7 cm³/mol. The van der Waals surface area contributed by atoms with Crippen LogP contribution in [0.5, 0.6) is 0 Å². The summed E-state index contributed by atoms with van der Waals surface area (Å²) in [6, 6.07) is 3.54. The van der Waals surface area contributed by atoms with E-state index < -0.39 is 0 Å². The first-order valence-electron chi connectivity index (χ1n) is 7.49. The molecule has 0 atom stereocenters. The van der Waals surface area contributed by atoms with E-state index in [-0.39, 0.29) is 5.91 Å². The van der Waals surface area contributed by atoms with Crippen molar-refractivity contribution in [2.75, 3.05) is 18.4 Å². The lowest BCUT2D eigenvalue weighted by Gasteiger charge is -2.33. The fourth-order valence-corrected chi connectivity index (χ4v) is 2.68. The number of carbonyl (C=O) groups is 1. The number of anilines is 1. The molecule has 0 bridgehead atoms. The second-order valence-corrected chi connectivity index (χ2v) is 5.89. The van der Waals surface area contributed by atoms with Gasteiger partial charge in [0.05, 0.1) is 0 Å². The Hall–Kier alpha value is -1.65. The molecule has 5 nitrogen and oxygen atoms in total. The zero-order chi connectivity index (χ0) is 14.4. The molecule has 1 aliphatic carbocycles. The molecule has 110 valence electrons. The third kappa shape index (κ3) is 3.92. The van der Waals surface area contributed by atoms with E-state index in [2.05, 4.69) is 27.8 Å². The van der Waals surface area contributed by atoms with Crippen molar-refractivity contribution in [1.82, 2.24) is 15.5 Å². The lowest BCUT2D eigenvalue weighted by Crippen LogP contribution is -2.29. The number of rotatable bonds is 5. The van der Waals surface area contributed by atoms with Gasteiger partial charge in [-0.3, -0.25) is 4.79 Å². The van der Waals surface area contributed by atoms with E-state index in [4.69, 9.17) is 0 Å². The monoisotopic (exact) mass is 276 g/mol. The van der Waals surface area contributed by atoms with Crippen LogP contribution in [0.15, 0.2) is 12.1 Å². The van der Waals surface area contributed by atoms with Crippen LogP contribution >= 0.6 is 0 Å². The topological polar surface area (TPSA) is 66.9 Å². The zero-order valence-electron chi connectivity index (χ0n) is 12.4. The first-order valence-corrected chi connectivity index (χ1v) is 7.49. The Morgan fingerprint density at radius 2 is 2.00 bits per heavy atom. The van der Waals surface area contributed by atoms with Crippen molar-refractivity contribution < 1.29 is 4.79 Å². The maximum Gasteiger partial charge on any atom is 0.271 e. The summed E-state index contributed by atoms with van der Waals surface area (Å²) >= 11 is 0. The lowest BCUT2D eigenvalue weighted by molar-refractivity contribution is 0.0950. The van der Waals surface area contributed by atoms with Crippen LogP contribution in [0.3, 0.4) is 0 Å². The minimum absolute atomic E-state index is 0.175. The molecule has 1 fully saturated rings. The van der Waals surface area contributed by atoms with Gasteiger partial charge in [0, 0.05) is 13.1 Å². The van der Waals surface area contributed by atoms with E-state index in [0.29, 0.717) is 17.7 Å². The molecule has 0 spiro atoms. The van der Waals surface area contributed by atoms with Crippen molar-refractivity contribution >= 4 is 11.7 Å². The van der Waals surface area contributed by atoms with Crippen molar-refractivity contribution in [3.63, 3.8) is 0 Å². The van der Waals surface area contributed by atoms with E-state index in [9.17, 15) is 4.79 Å². The van der Waals surface area contributed by atoms with Crippen LogP contribution in [0.2, 0.25) is 0 Å². The van der Waals surface area contributed by atoms with E-state index in [1.165, 1.54) is 32.1 Å². The minimum atomic E-state index is -0.175.